The van der Waals surface area contributed by atoms with Crippen molar-refractivity contribution in [2.45, 2.75) is 31.8 Å². The van der Waals surface area contributed by atoms with Crippen LogP contribution >= 0.6 is 0 Å². The molecule has 1 atom stereocenters. The first-order valence-corrected chi connectivity index (χ1v) is 9.34. The van der Waals surface area contributed by atoms with Crippen molar-refractivity contribution in [3.63, 3.8) is 0 Å². The molecule has 2 aromatic carbocycles. The first kappa shape index (κ1) is 18.0. The Kier molecular flexibility index (Phi) is 4.93. The Morgan fingerprint density at radius 2 is 1.71 bits per heavy atom. The van der Waals surface area contributed by atoms with E-state index in [1.54, 1.807) is 29.8 Å². The van der Waals surface area contributed by atoms with E-state index in [4.69, 9.17) is 4.74 Å². The summed E-state index contributed by atoms with van der Waals surface area (Å²) < 4.78 is 7.03. The number of hydrogen-bond donors (Lipinski definition) is 1. The van der Waals surface area contributed by atoms with E-state index in [2.05, 4.69) is 10.4 Å². The average molecular weight is 375 g/mol. The van der Waals surface area contributed by atoms with E-state index in [9.17, 15) is 9.59 Å². The fourth-order valence-corrected chi connectivity index (χ4v) is 2.93. The highest BCUT2D eigenvalue weighted by Gasteiger charge is 2.30. The number of amides is 1. The molecule has 1 aliphatic carbocycles. The molecule has 1 N–H and O–H groups in total. The molecule has 6 nitrogen and oxygen atoms in total. The fourth-order valence-electron chi connectivity index (χ4n) is 2.93. The Bertz CT molecular complexity index is 979. The summed E-state index contributed by atoms with van der Waals surface area (Å²) >= 11 is 0. The maximum atomic E-state index is 12.8. The summed E-state index contributed by atoms with van der Waals surface area (Å²) in [7, 11) is 0. The molecule has 4 rings (SSSR count). The maximum Gasteiger partial charge on any atom is 0.357 e. The molecule has 1 saturated carbocycles. The van der Waals surface area contributed by atoms with Crippen LogP contribution in [0.4, 0.5) is 5.69 Å². The third kappa shape index (κ3) is 3.96. The van der Waals surface area contributed by atoms with Crippen LogP contribution in [-0.2, 0) is 9.53 Å². The van der Waals surface area contributed by atoms with Gasteiger partial charge in [0.05, 0.1) is 11.4 Å². The van der Waals surface area contributed by atoms with Crippen LogP contribution in [0.15, 0.2) is 66.7 Å². The number of hydrogen-bond acceptors (Lipinski definition) is 4. The molecule has 0 aliphatic heterocycles. The van der Waals surface area contributed by atoms with E-state index in [0.717, 1.165) is 24.2 Å². The smallest absolute Gasteiger partial charge is 0.357 e. The molecule has 3 aromatic rings. The van der Waals surface area contributed by atoms with Crippen molar-refractivity contribution in [3.8, 4) is 5.69 Å². The molecule has 1 aliphatic rings. The second kappa shape index (κ2) is 7.68. The number of aromatic nitrogens is 2. The van der Waals surface area contributed by atoms with E-state index >= 15 is 0 Å². The zero-order valence-corrected chi connectivity index (χ0v) is 15.5. The predicted molar refractivity (Wildman–Crippen MR) is 105 cm³/mol. The van der Waals surface area contributed by atoms with Crippen molar-refractivity contribution >= 4 is 17.6 Å². The summed E-state index contributed by atoms with van der Waals surface area (Å²) in [6.45, 7) is 1.56. The van der Waals surface area contributed by atoms with Crippen LogP contribution in [0.1, 0.15) is 41.9 Å². The predicted octanol–water partition coefficient (Wildman–Crippen LogP) is 3.93. The van der Waals surface area contributed by atoms with Crippen LogP contribution in [0.25, 0.3) is 5.69 Å². The lowest BCUT2D eigenvalue weighted by molar-refractivity contribution is -0.123. The lowest BCUT2D eigenvalue weighted by Gasteiger charge is -2.14. The van der Waals surface area contributed by atoms with Gasteiger partial charge in [0.15, 0.2) is 11.8 Å². The van der Waals surface area contributed by atoms with Crippen molar-refractivity contribution in [2.24, 2.45) is 0 Å². The summed E-state index contributed by atoms with van der Waals surface area (Å²) in [5.41, 5.74) is 2.65. The van der Waals surface area contributed by atoms with Crippen LogP contribution in [0.5, 0.6) is 0 Å². The third-order valence-corrected chi connectivity index (χ3v) is 4.63. The third-order valence-electron chi connectivity index (χ3n) is 4.63. The highest BCUT2D eigenvalue weighted by atomic mass is 16.5. The Morgan fingerprint density at radius 3 is 2.36 bits per heavy atom. The molecule has 1 heterocycles. The minimum atomic E-state index is -0.934. The zero-order valence-electron chi connectivity index (χ0n) is 15.5. The molecular weight excluding hydrogens is 354 g/mol. The van der Waals surface area contributed by atoms with Gasteiger partial charge in [-0.2, -0.15) is 5.10 Å². The Morgan fingerprint density at radius 1 is 1.07 bits per heavy atom. The van der Waals surface area contributed by atoms with Gasteiger partial charge >= 0.3 is 5.97 Å². The second-order valence-electron chi connectivity index (χ2n) is 6.88. The van der Waals surface area contributed by atoms with Crippen LogP contribution in [0, 0.1) is 0 Å². The number of para-hydroxylation sites is 2. The lowest BCUT2D eigenvalue weighted by atomic mass is 10.2. The van der Waals surface area contributed by atoms with Crippen molar-refractivity contribution in [1.82, 2.24) is 9.78 Å². The van der Waals surface area contributed by atoms with Gasteiger partial charge in [0, 0.05) is 11.6 Å². The fraction of sp³-hybridized carbons (Fsp3) is 0.227. The van der Waals surface area contributed by atoms with E-state index in [1.165, 1.54) is 0 Å². The topological polar surface area (TPSA) is 73.2 Å². The van der Waals surface area contributed by atoms with Crippen molar-refractivity contribution in [1.29, 1.82) is 0 Å². The van der Waals surface area contributed by atoms with Gasteiger partial charge in [0.25, 0.3) is 5.91 Å². The molecule has 0 spiro atoms. The first-order valence-electron chi connectivity index (χ1n) is 9.34. The summed E-state index contributed by atoms with van der Waals surface area (Å²) in [5.74, 6) is -0.554. The maximum absolute atomic E-state index is 12.8. The van der Waals surface area contributed by atoms with Gasteiger partial charge in [-0.05, 0) is 50.1 Å². The van der Waals surface area contributed by atoms with Crippen LogP contribution in [-0.4, -0.2) is 27.8 Å². The lowest BCUT2D eigenvalue weighted by Crippen LogP contribution is -2.30. The summed E-state index contributed by atoms with van der Waals surface area (Å²) in [4.78, 5) is 25.1. The van der Waals surface area contributed by atoms with Gasteiger partial charge in [-0.1, -0.05) is 36.4 Å². The molecule has 142 valence electrons. The summed E-state index contributed by atoms with van der Waals surface area (Å²) in [6.07, 6.45) is 1.23. The van der Waals surface area contributed by atoms with Gasteiger partial charge in [-0.3, -0.25) is 4.79 Å². The number of benzene rings is 2. The van der Waals surface area contributed by atoms with E-state index < -0.39 is 12.1 Å². The Hall–Kier alpha value is -3.41. The van der Waals surface area contributed by atoms with Crippen LogP contribution in [0.3, 0.4) is 0 Å². The largest absolute Gasteiger partial charge is 0.448 e. The minimum Gasteiger partial charge on any atom is -0.448 e. The highest BCUT2D eigenvalue weighted by molar-refractivity contribution is 5.97. The average Bonchev–Trinajstić information content (AvgIpc) is 3.47. The highest BCUT2D eigenvalue weighted by Crippen LogP contribution is 2.39. The number of anilines is 1. The molecule has 0 saturated heterocycles. The number of esters is 1. The molecule has 6 heteroatoms. The quantitative estimate of drug-likeness (QED) is 0.663. The molecule has 28 heavy (non-hydrogen) atoms. The number of ether oxygens (including phenoxy) is 1. The van der Waals surface area contributed by atoms with Gasteiger partial charge in [0.2, 0.25) is 0 Å². The molecule has 1 aromatic heterocycles. The minimum absolute atomic E-state index is 0.326. The Labute approximate surface area is 163 Å². The number of rotatable bonds is 6. The van der Waals surface area contributed by atoms with Crippen LogP contribution < -0.4 is 5.32 Å². The van der Waals surface area contributed by atoms with Crippen molar-refractivity contribution < 1.29 is 14.3 Å². The van der Waals surface area contributed by atoms with E-state index in [0.29, 0.717) is 17.3 Å². The van der Waals surface area contributed by atoms with Crippen LogP contribution in [0.2, 0.25) is 0 Å². The monoisotopic (exact) mass is 375 g/mol. The molecule has 1 fully saturated rings. The van der Waals surface area contributed by atoms with E-state index in [1.807, 2.05) is 48.5 Å². The SMILES string of the molecule is C[C@H](OC(=O)c1cc(C2CC2)nn1-c1ccccc1)C(=O)Nc1ccccc1. The molecular formula is C22H21N3O3. The van der Waals surface area contributed by atoms with Gasteiger partial charge < -0.3 is 10.1 Å². The van der Waals surface area contributed by atoms with Gasteiger partial charge in [-0.15, -0.1) is 0 Å². The van der Waals surface area contributed by atoms with Crippen molar-refractivity contribution in [3.05, 3.63) is 78.1 Å². The number of nitrogens with one attached hydrogen (secondary N) is 1. The molecule has 0 unspecified atom stereocenters. The normalized spacial score (nSPS) is 14.3. The Balaban J connectivity index is 1.52. The zero-order chi connectivity index (χ0) is 19.5. The van der Waals surface area contributed by atoms with Gasteiger partial charge in [0.1, 0.15) is 0 Å². The van der Waals surface area contributed by atoms with Gasteiger partial charge in [-0.25, -0.2) is 9.48 Å². The number of nitrogens with zero attached hydrogens (tertiary/aromatic N) is 2. The first-order chi connectivity index (χ1) is 13.6. The van der Waals surface area contributed by atoms with E-state index in [-0.39, 0.29) is 5.91 Å². The summed E-state index contributed by atoms with van der Waals surface area (Å²) in [5, 5.41) is 7.34. The number of carbonyl (C=O) groups excluding carboxylic acids is 2. The van der Waals surface area contributed by atoms with Crippen molar-refractivity contribution in [2.75, 3.05) is 5.32 Å². The second-order valence-corrected chi connectivity index (χ2v) is 6.88. The standard InChI is InChI=1S/C22H21N3O3/c1-15(21(26)23-17-8-4-2-5-9-17)28-22(27)20-14-19(16-12-13-16)24-25(20)18-10-6-3-7-11-18/h2-11,14-16H,12-13H2,1H3,(H,23,26)/t15-/m0/s1. The molecule has 0 bridgehead atoms. The molecule has 0 radical (unpaired) electrons. The summed E-state index contributed by atoms with van der Waals surface area (Å²) in [6, 6.07) is 20.3. The number of carbonyl (C=O) groups is 2. The molecule has 1 amide bonds.